The van der Waals surface area contributed by atoms with Crippen molar-refractivity contribution in [2.45, 2.75) is 50.2 Å². The second kappa shape index (κ2) is 7.34. The van der Waals surface area contributed by atoms with Crippen molar-refractivity contribution in [1.82, 2.24) is 5.32 Å². The van der Waals surface area contributed by atoms with Crippen LogP contribution in [0.2, 0.25) is 0 Å². The molecule has 2 aliphatic heterocycles. The number of morpholine rings is 1. The summed E-state index contributed by atoms with van der Waals surface area (Å²) in [5, 5.41) is 3.22. The van der Waals surface area contributed by atoms with Crippen LogP contribution in [0.25, 0.3) is 0 Å². The van der Waals surface area contributed by atoms with Crippen molar-refractivity contribution < 1.29 is 14.3 Å². The summed E-state index contributed by atoms with van der Waals surface area (Å²) in [4.78, 5) is 15.2. The standard InChI is InChI=1S/C20H28N2O3/c23-19(21-16-14-20(25-15-16)8-4-1-5-9-20)17-6-2-3-7-18(17)22-10-12-24-13-11-22/h2-3,6-7,16H,1,4-5,8-15H2,(H,21,23)/t16-/m0/s1. The number of ether oxygens (including phenoxy) is 2. The van der Waals surface area contributed by atoms with E-state index in [4.69, 9.17) is 9.47 Å². The van der Waals surface area contributed by atoms with Crippen molar-refractivity contribution in [2.75, 3.05) is 37.8 Å². The maximum absolute atomic E-state index is 12.9. The first kappa shape index (κ1) is 16.9. The number of hydrogen-bond acceptors (Lipinski definition) is 4. The average Bonchev–Trinajstić information content (AvgIpc) is 3.04. The molecule has 2 saturated heterocycles. The van der Waals surface area contributed by atoms with Gasteiger partial charge in [-0.05, 0) is 31.4 Å². The van der Waals surface area contributed by atoms with E-state index in [1.165, 1.54) is 19.3 Å². The Morgan fingerprint density at radius 1 is 1.12 bits per heavy atom. The molecule has 1 amide bonds. The fourth-order valence-corrected chi connectivity index (χ4v) is 4.49. The maximum Gasteiger partial charge on any atom is 0.253 e. The van der Waals surface area contributed by atoms with Crippen LogP contribution in [-0.2, 0) is 9.47 Å². The van der Waals surface area contributed by atoms with Gasteiger partial charge in [-0.3, -0.25) is 4.79 Å². The Hall–Kier alpha value is -1.59. The van der Waals surface area contributed by atoms with Gasteiger partial charge in [0.1, 0.15) is 0 Å². The molecule has 2 heterocycles. The number of hydrogen-bond donors (Lipinski definition) is 1. The van der Waals surface area contributed by atoms with Gasteiger partial charge < -0.3 is 19.7 Å². The first-order valence-corrected chi connectivity index (χ1v) is 9.62. The molecule has 3 aliphatic rings. The predicted octanol–water partition coefficient (Wildman–Crippen LogP) is 2.74. The van der Waals surface area contributed by atoms with Gasteiger partial charge in [0, 0.05) is 18.8 Å². The molecule has 0 radical (unpaired) electrons. The highest BCUT2D eigenvalue weighted by molar-refractivity contribution is 6.00. The molecule has 1 spiro atoms. The van der Waals surface area contributed by atoms with Crippen LogP contribution < -0.4 is 10.2 Å². The SMILES string of the molecule is O=C(N[C@@H]1COC2(CCCCC2)C1)c1ccccc1N1CCOCC1. The first-order chi connectivity index (χ1) is 12.3. The van der Waals surface area contributed by atoms with Crippen molar-refractivity contribution in [3.63, 3.8) is 0 Å². The molecule has 1 atom stereocenters. The van der Waals surface area contributed by atoms with E-state index in [0.29, 0.717) is 6.61 Å². The van der Waals surface area contributed by atoms with E-state index in [-0.39, 0.29) is 17.6 Å². The van der Waals surface area contributed by atoms with Gasteiger partial charge in [-0.2, -0.15) is 0 Å². The minimum absolute atomic E-state index is 0.0172. The monoisotopic (exact) mass is 344 g/mol. The quantitative estimate of drug-likeness (QED) is 0.916. The van der Waals surface area contributed by atoms with Crippen LogP contribution in [0.3, 0.4) is 0 Å². The van der Waals surface area contributed by atoms with Crippen molar-refractivity contribution in [2.24, 2.45) is 0 Å². The van der Waals surface area contributed by atoms with Crippen LogP contribution in [0.4, 0.5) is 5.69 Å². The zero-order valence-corrected chi connectivity index (χ0v) is 14.8. The van der Waals surface area contributed by atoms with Gasteiger partial charge in [-0.15, -0.1) is 0 Å². The summed E-state index contributed by atoms with van der Waals surface area (Å²) < 4.78 is 11.6. The lowest BCUT2D eigenvalue weighted by molar-refractivity contribution is -0.0246. The van der Waals surface area contributed by atoms with Gasteiger partial charge >= 0.3 is 0 Å². The van der Waals surface area contributed by atoms with Gasteiger partial charge in [-0.1, -0.05) is 31.4 Å². The number of benzene rings is 1. The molecular weight excluding hydrogens is 316 g/mol. The van der Waals surface area contributed by atoms with Crippen LogP contribution >= 0.6 is 0 Å². The fourth-order valence-electron chi connectivity index (χ4n) is 4.49. The lowest BCUT2D eigenvalue weighted by Crippen LogP contribution is -2.40. The smallest absolute Gasteiger partial charge is 0.253 e. The number of nitrogens with zero attached hydrogens (tertiary/aromatic N) is 1. The molecule has 1 saturated carbocycles. The van der Waals surface area contributed by atoms with Crippen LogP contribution in [0.15, 0.2) is 24.3 Å². The molecule has 4 rings (SSSR count). The Morgan fingerprint density at radius 3 is 2.68 bits per heavy atom. The second-order valence-electron chi connectivity index (χ2n) is 7.55. The molecule has 3 fully saturated rings. The minimum atomic E-state index is 0.0172. The molecule has 0 bridgehead atoms. The van der Waals surface area contributed by atoms with Crippen molar-refractivity contribution in [3.8, 4) is 0 Å². The van der Waals surface area contributed by atoms with Crippen LogP contribution in [0.5, 0.6) is 0 Å². The molecule has 5 heteroatoms. The summed E-state index contributed by atoms with van der Waals surface area (Å²) in [6.07, 6.45) is 7.06. The van der Waals surface area contributed by atoms with E-state index in [1.807, 2.05) is 24.3 Å². The first-order valence-electron chi connectivity index (χ1n) is 9.62. The van der Waals surface area contributed by atoms with Crippen LogP contribution in [0.1, 0.15) is 48.9 Å². The molecule has 0 unspecified atom stereocenters. The number of carbonyl (C=O) groups excluding carboxylic acids is 1. The molecule has 136 valence electrons. The Labute approximate surface area is 149 Å². The van der Waals surface area contributed by atoms with Gasteiger partial charge in [0.2, 0.25) is 0 Å². The summed E-state index contributed by atoms with van der Waals surface area (Å²) in [7, 11) is 0. The normalized spacial score (nSPS) is 25.9. The zero-order valence-electron chi connectivity index (χ0n) is 14.8. The molecule has 5 nitrogen and oxygen atoms in total. The number of anilines is 1. The van der Waals surface area contributed by atoms with Gasteiger partial charge in [0.25, 0.3) is 5.91 Å². The van der Waals surface area contributed by atoms with Crippen molar-refractivity contribution in [3.05, 3.63) is 29.8 Å². The van der Waals surface area contributed by atoms with E-state index in [2.05, 4.69) is 10.2 Å². The zero-order chi connectivity index (χ0) is 17.1. The van der Waals surface area contributed by atoms with Crippen molar-refractivity contribution >= 4 is 11.6 Å². The second-order valence-corrected chi connectivity index (χ2v) is 7.55. The highest BCUT2D eigenvalue weighted by Crippen LogP contribution is 2.39. The maximum atomic E-state index is 12.9. The third-order valence-corrected chi connectivity index (χ3v) is 5.81. The Morgan fingerprint density at radius 2 is 1.88 bits per heavy atom. The number of carbonyl (C=O) groups is 1. The average molecular weight is 344 g/mol. The molecule has 1 aliphatic carbocycles. The van der Waals surface area contributed by atoms with Crippen LogP contribution in [0, 0.1) is 0 Å². The number of para-hydroxylation sites is 1. The molecule has 1 aromatic rings. The van der Waals surface area contributed by atoms with Crippen molar-refractivity contribution in [1.29, 1.82) is 0 Å². The fraction of sp³-hybridized carbons (Fsp3) is 0.650. The third kappa shape index (κ3) is 3.67. The minimum Gasteiger partial charge on any atom is -0.378 e. The lowest BCUT2D eigenvalue weighted by atomic mass is 9.82. The number of nitrogens with one attached hydrogen (secondary N) is 1. The summed E-state index contributed by atoms with van der Waals surface area (Å²) in [5.74, 6) is 0.0172. The van der Waals surface area contributed by atoms with Crippen LogP contribution in [-0.4, -0.2) is 50.5 Å². The molecule has 1 N–H and O–H groups in total. The Balaban J connectivity index is 1.43. The van der Waals surface area contributed by atoms with Gasteiger partial charge in [-0.25, -0.2) is 0 Å². The summed E-state index contributed by atoms with van der Waals surface area (Å²) in [6, 6.07) is 8.02. The van der Waals surface area contributed by atoms with Gasteiger partial charge in [0.05, 0.1) is 37.0 Å². The highest BCUT2D eigenvalue weighted by atomic mass is 16.5. The Bertz CT molecular complexity index is 607. The predicted molar refractivity (Wildman–Crippen MR) is 97.1 cm³/mol. The summed E-state index contributed by atoms with van der Waals surface area (Å²) in [5.41, 5.74) is 1.79. The highest BCUT2D eigenvalue weighted by Gasteiger charge is 2.41. The number of amides is 1. The van der Waals surface area contributed by atoms with Gasteiger partial charge in [0.15, 0.2) is 0 Å². The molecular formula is C20H28N2O3. The Kier molecular flexibility index (Phi) is 4.95. The summed E-state index contributed by atoms with van der Waals surface area (Å²) >= 11 is 0. The topological polar surface area (TPSA) is 50.8 Å². The van der Waals surface area contributed by atoms with E-state index < -0.39 is 0 Å². The largest absolute Gasteiger partial charge is 0.378 e. The lowest BCUT2D eigenvalue weighted by Gasteiger charge is -2.32. The third-order valence-electron chi connectivity index (χ3n) is 5.81. The van der Waals surface area contributed by atoms with E-state index in [1.54, 1.807) is 0 Å². The molecule has 0 aromatic heterocycles. The molecule has 25 heavy (non-hydrogen) atoms. The van der Waals surface area contributed by atoms with E-state index in [9.17, 15) is 4.79 Å². The van der Waals surface area contributed by atoms with E-state index in [0.717, 1.165) is 56.8 Å². The molecule has 1 aromatic carbocycles. The summed E-state index contributed by atoms with van der Waals surface area (Å²) in [6.45, 7) is 3.75. The van der Waals surface area contributed by atoms with E-state index >= 15 is 0 Å². The number of rotatable bonds is 3.